The molecule has 0 unspecified atom stereocenters. The van der Waals surface area contributed by atoms with Crippen molar-refractivity contribution in [1.29, 1.82) is 0 Å². The number of ether oxygens (including phenoxy) is 3. The molecule has 56 heavy (non-hydrogen) atoms. The molecule has 3 aliphatic heterocycles. The van der Waals surface area contributed by atoms with Crippen molar-refractivity contribution < 1.29 is 32.2 Å². The second-order valence-electron chi connectivity index (χ2n) is 16.6. The van der Waals surface area contributed by atoms with Crippen LogP contribution in [0.5, 0.6) is 11.8 Å². The first-order valence-corrected chi connectivity index (χ1v) is 22.3. The van der Waals surface area contributed by atoms with E-state index in [-0.39, 0.29) is 36.2 Å². The van der Waals surface area contributed by atoms with Crippen molar-refractivity contribution in [1.82, 2.24) is 19.9 Å². The monoisotopic (exact) mass is 789 g/mol. The number of hydrogen-bond acceptors (Lipinski definition) is 9. The number of alkyl halides is 1. The number of benzene rings is 2. The summed E-state index contributed by atoms with van der Waals surface area (Å²) >= 11 is 0. The number of fused-ring (bicyclic) bond motifs is 3. The summed E-state index contributed by atoms with van der Waals surface area (Å²) in [5.41, 5.74) is 4.59. The Bertz CT molecular complexity index is 2110. The van der Waals surface area contributed by atoms with E-state index in [1.807, 2.05) is 0 Å². The fraction of sp³-hybridized carbons (Fsp3) is 0.558. The molecule has 0 aliphatic carbocycles. The summed E-state index contributed by atoms with van der Waals surface area (Å²) in [6, 6.07) is 6.44. The number of anilines is 1. The minimum absolute atomic E-state index is 0.0235. The Kier molecular flexibility index (Phi) is 11.8. The van der Waals surface area contributed by atoms with Crippen LogP contribution in [-0.2, 0) is 9.57 Å². The van der Waals surface area contributed by atoms with E-state index in [1.165, 1.54) is 19.4 Å². The van der Waals surface area contributed by atoms with Crippen LogP contribution in [0.2, 0.25) is 16.6 Å². The molecule has 4 aromatic rings. The molecule has 0 spiro atoms. The lowest BCUT2D eigenvalue weighted by Gasteiger charge is -2.38. The van der Waals surface area contributed by atoms with Crippen LogP contribution < -0.4 is 14.5 Å². The number of nitrogens with zero attached hydrogens (tertiary/aromatic N) is 5. The minimum atomic E-state index is -2.29. The smallest absolute Gasteiger partial charge is 0.319 e. The molecule has 2 aromatic heterocycles. The Morgan fingerprint density at radius 3 is 2.52 bits per heavy atom. The van der Waals surface area contributed by atoms with Crippen LogP contribution >= 0.6 is 0 Å². The van der Waals surface area contributed by atoms with Crippen molar-refractivity contribution in [2.45, 2.75) is 108 Å². The van der Waals surface area contributed by atoms with Gasteiger partial charge in [-0.25, -0.2) is 18.2 Å². The molecule has 3 aliphatic rings. The Morgan fingerprint density at radius 2 is 1.77 bits per heavy atom. The first-order valence-electron chi connectivity index (χ1n) is 20.1. The van der Waals surface area contributed by atoms with E-state index in [1.54, 1.807) is 23.3 Å². The van der Waals surface area contributed by atoms with Gasteiger partial charge in [-0.3, -0.25) is 14.7 Å². The van der Waals surface area contributed by atoms with Crippen molar-refractivity contribution in [3.05, 3.63) is 47.7 Å². The van der Waals surface area contributed by atoms with Gasteiger partial charge in [0, 0.05) is 43.8 Å². The molecule has 7 rings (SSSR count). The van der Waals surface area contributed by atoms with Gasteiger partial charge in [-0.2, -0.15) is 9.97 Å². The summed E-state index contributed by atoms with van der Waals surface area (Å²) in [5, 5.41) is 3.05. The maximum atomic E-state index is 17.5. The van der Waals surface area contributed by atoms with Crippen LogP contribution in [0.3, 0.4) is 0 Å². The number of aromatic nitrogens is 3. The molecule has 5 heterocycles. The molecule has 2 atom stereocenters. The number of hydroxylamine groups is 1. The highest BCUT2D eigenvalue weighted by molar-refractivity contribution is 6.90. The van der Waals surface area contributed by atoms with Gasteiger partial charge in [-0.15, -0.1) is 5.54 Å². The van der Waals surface area contributed by atoms with E-state index < -0.39 is 31.4 Å². The van der Waals surface area contributed by atoms with E-state index >= 15 is 8.78 Å². The maximum Gasteiger partial charge on any atom is 0.319 e. The zero-order valence-electron chi connectivity index (χ0n) is 33.7. The first kappa shape index (κ1) is 40.2. The van der Waals surface area contributed by atoms with Gasteiger partial charge >= 0.3 is 6.01 Å². The standard InChI is InChI=1S/C43H54F3N5O4Si/c1-27(2)56(28(3)4,29(5)6)19-14-33-36(45)13-12-30-20-32(54-26-52-7)21-34(37(30)33)39-38(46)40-35(23-47-39)41(51-17-9-8-10-18-55-51)49-42(48-40)53-25-43-15-11-16-50(43)24-31(44)22-43/h12-13,20-21,23,27-29,31H,8-11,15-18,22,24-26H2,1-7H3/t31-,43+/m1/s1. The van der Waals surface area contributed by atoms with Crippen molar-refractivity contribution in [2.75, 3.05) is 51.8 Å². The fourth-order valence-electron chi connectivity index (χ4n) is 9.59. The fourth-order valence-corrected chi connectivity index (χ4v) is 14.8. The zero-order chi connectivity index (χ0) is 39.8. The summed E-state index contributed by atoms with van der Waals surface area (Å²) < 4.78 is 65.7. The lowest BCUT2D eigenvalue weighted by atomic mass is 9.95. The Balaban J connectivity index is 1.42. The third-order valence-electron chi connectivity index (χ3n) is 12.3. The summed E-state index contributed by atoms with van der Waals surface area (Å²) in [5.74, 6) is 2.82. The summed E-state index contributed by atoms with van der Waals surface area (Å²) in [6.45, 7) is 15.6. The van der Waals surface area contributed by atoms with Crippen LogP contribution in [0.15, 0.2) is 30.5 Å². The highest BCUT2D eigenvalue weighted by Gasteiger charge is 2.49. The van der Waals surface area contributed by atoms with Crippen molar-refractivity contribution in [2.24, 2.45) is 0 Å². The molecule has 300 valence electrons. The van der Waals surface area contributed by atoms with E-state index in [0.29, 0.717) is 76.0 Å². The Hall–Kier alpha value is -3.96. The van der Waals surface area contributed by atoms with Crippen molar-refractivity contribution in [3.8, 4) is 34.5 Å². The normalized spacial score (nSPS) is 20.6. The predicted molar refractivity (Wildman–Crippen MR) is 216 cm³/mol. The highest BCUT2D eigenvalue weighted by Crippen LogP contribution is 2.44. The number of rotatable bonds is 11. The average molecular weight is 790 g/mol. The molecule has 0 saturated carbocycles. The lowest BCUT2D eigenvalue weighted by molar-refractivity contribution is 0.0512. The van der Waals surface area contributed by atoms with E-state index in [0.717, 1.165) is 38.6 Å². The van der Waals surface area contributed by atoms with Gasteiger partial charge in [-0.05, 0) is 78.9 Å². The van der Waals surface area contributed by atoms with Gasteiger partial charge < -0.3 is 14.2 Å². The number of methoxy groups -OCH3 is 1. The van der Waals surface area contributed by atoms with Gasteiger partial charge in [0.05, 0.1) is 23.1 Å². The van der Waals surface area contributed by atoms with Gasteiger partial charge in [0.1, 0.15) is 43.6 Å². The molecule has 3 saturated heterocycles. The number of hydrogen-bond donors (Lipinski definition) is 0. The molecule has 0 amide bonds. The van der Waals surface area contributed by atoms with Crippen LogP contribution in [0.4, 0.5) is 19.0 Å². The summed E-state index contributed by atoms with van der Waals surface area (Å²) in [4.78, 5) is 22.4. The Morgan fingerprint density at radius 1 is 0.982 bits per heavy atom. The molecule has 0 radical (unpaired) electrons. The quantitative estimate of drug-likeness (QED) is 0.0839. The summed E-state index contributed by atoms with van der Waals surface area (Å²) in [6.07, 6.45) is 5.46. The second kappa shape index (κ2) is 16.5. The van der Waals surface area contributed by atoms with Gasteiger partial charge in [0.15, 0.2) is 18.4 Å². The number of halogens is 3. The van der Waals surface area contributed by atoms with Gasteiger partial charge in [0.2, 0.25) is 0 Å². The minimum Gasteiger partial charge on any atom is -0.468 e. The van der Waals surface area contributed by atoms with E-state index in [4.69, 9.17) is 29.0 Å². The molecule has 9 nitrogen and oxygen atoms in total. The van der Waals surface area contributed by atoms with Crippen LogP contribution in [0, 0.1) is 23.1 Å². The van der Waals surface area contributed by atoms with Crippen LogP contribution in [0.1, 0.15) is 85.6 Å². The molecule has 0 bridgehead atoms. The Labute approximate surface area is 329 Å². The predicted octanol–water partition coefficient (Wildman–Crippen LogP) is 9.55. The molecular weight excluding hydrogens is 736 g/mol. The lowest BCUT2D eigenvalue weighted by Crippen LogP contribution is -2.43. The highest BCUT2D eigenvalue weighted by atomic mass is 28.3. The largest absolute Gasteiger partial charge is 0.468 e. The van der Waals surface area contributed by atoms with E-state index in [2.05, 4.69) is 62.9 Å². The second-order valence-corrected chi connectivity index (χ2v) is 22.1. The third-order valence-corrected chi connectivity index (χ3v) is 18.6. The van der Waals surface area contributed by atoms with Crippen LogP contribution in [-0.4, -0.2) is 86.4 Å². The summed E-state index contributed by atoms with van der Waals surface area (Å²) in [7, 11) is -0.771. The zero-order valence-corrected chi connectivity index (χ0v) is 34.7. The molecule has 0 N–H and O–H groups in total. The van der Waals surface area contributed by atoms with Crippen molar-refractivity contribution in [3.63, 3.8) is 0 Å². The van der Waals surface area contributed by atoms with Gasteiger partial charge in [-0.1, -0.05) is 53.5 Å². The van der Waals surface area contributed by atoms with Gasteiger partial charge in [0.25, 0.3) is 0 Å². The average Bonchev–Trinajstić information content (AvgIpc) is 3.55. The third kappa shape index (κ3) is 7.46. The molecule has 13 heteroatoms. The number of pyridine rings is 1. The molecule has 2 aromatic carbocycles. The maximum absolute atomic E-state index is 17.5. The topological polar surface area (TPSA) is 82.1 Å². The molecular formula is C43H54F3N5O4Si. The molecule has 3 fully saturated rings. The van der Waals surface area contributed by atoms with Crippen molar-refractivity contribution >= 4 is 35.6 Å². The van der Waals surface area contributed by atoms with E-state index in [9.17, 15) is 4.39 Å². The van der Waals surface area contributed by atoms with Crippen LogP contribution in [0.25, 0.3) is 32.9 Å². The SMILES string of the molecule is COCOc1cc(-c2ncc3c(N4CCCCCO4)nc(OC[C@@]45CCCN4C[C@H](F)C5)nc3c2F)c2c(C#C[Si](C(C)C)(C(C)C)C(C)C)c(F)ccc2c1. The first-order chi connectivity index (χ1) is 26.9.